The molecule has 9 heteroatoms. The molecular weight excluding hydrogens is 459 g/mol. The predicted octanol–water partition coefficient (Wildman–Crippen LogP) is 6.49. The normalized spacial score (nSPS) is 11.6. The number of imidazole rings is 1. The maximum Gasteiger partial charge on any atom is 0.416 e. The number of nitrogens with zero attached hydrogens (tertiary/aromatic N) is 2. The SMILES string of the molecule is O=C(CSc1nc2cc(C(F)(F)F)ccc2n1Cc1ccccc1)Nc1ccc(Cl)cc1. The number of thioether (sulfide) groups is 1. The van der Waals surface area contributed by atoms with E-state index in [1.54, 1.807) is 24.3 Å². The number of benzene rings is 3. The molecule has 0 saturated carbocycles. The van der Waals surface area contributed by atoms with Gasteiger partial charge in [-0.3, -0.25) is 4.79 Å². The van der Waals surface area contributed by atoms with Crippen molar-refractivity contribution in [3.63, 3.8) is 0 Å². The second-order valence-corrected chi connectivity index (χ2v) is 8.39. The molecule has 3 aromatic carbocycles. The summed E-state index contributed by atoms with van der Waals surface area (Å²) in [6.07, 6.45) is -4.46. The van der Waals surface area contributed by atoms with Gasteiger partial charge in [-0.2, -0.15) is 13.2 Å². The topological polar surface area (TPSA) is 46.9 Å². The van der Waals surface area contributed by atoms with Gasteiger partial charge >= 0.3 is 6.18 Å². The Kier molecular flexibility index (Phi) is 6.43. The molecule has 1 aromatic heterocycles. The summed E-state index contributed by atoms with van der Waals surface area (Å²) in [7, 11) is 0. The maximum atomic E-state index is 13.2. The van der Waals surface area contributed by atoms with E-state index >= 15 is 0 Å². The predicted molar refractivity (Wildman–Crippen MR) is 121 cm³/mol. The zero-order valence-electron chi connectivity index (χ0n) is 16.6. The van der Waals surface area contributed by atoms with Crippen LogP contribution in [0.3, 0.4) is 0 Å². The smallest absolute Gasteiger partial charge is 0.325 e. The fourth-order valence-electron chi connectivity index (χ4n) is 3.17. The Balaban J connectivity index is 1.60. The van der Waals surface area contributed by atoms with Crippen LogP contribution in [0.1, 0.15) is 11.1 Å². The zero-order valence-corrected chi connectivity index (χ0v) is 18.1. The van der Waals surface area contributed by atoms with Crippen molar-refractivity contribution in [1.82, 2.24) is 9.55 Å². The number of carbonyl (C=O) groups is 1. The van der Waals surface area contributed by atoms with E-state index in [9.17, 15) is 18.0 Å². The van der Waals surface area contributed by atoms with Crippen LogP contribution in [0, 0.1) is 0 Å². The molecule has 4 rings (SSSR count). The van der Waals surface area contributed by atoms with E-state index in [0.717, 1.165) is 17.7 Å². The molecule has 1 N–H and O–H groups in total. The van der Waals surface area contributed by atoms with Gasteiger partial charge in [0.05, 0.1) is 28.9 Å². The summed E-state index contributed by atoms with van der Waals surface area (Å²) in [4.78, 5) is 16.8. The van der Waals surface area contributed by atoms with Crippen LogP contribution in [0.5, 0.6) is 0 Å². The van der Waals surface area contributed by atoms with Gasteiger partial charge in [-0.05, 0) is 48.0 Å². The van der Waals surface area contributed by atoms with Crippen molar-refractivity contribution in [2.24, 2.45) is 0 Å². The Bertz CT molecular complexity index is 1240. The number of fused-ring (bicyclic) bond motifs is 1. The minimum atomic E-state index is -4.46. The van der Waals surface area contributed by atoms with E-state index in [4.69, 9.17) is 11.6 Å². The first-order valence-corrected chi connectivity index (χ1v) is 11.0. The third kappa shape index (κ3) is 5.26. The highest BCUT2D eigenvalue weighted by Crippen LogP contribution is 2.33. The number of nitrogens with one attached hydrogen (secondary N) is 1. The fraction of sp³-hybridized carbons (Fsp3) is 0.130. The molecule has 1 amide bonds. The Morgan fingerprint density at radius 1 is 1.03 bits per heavy atom. The van der Waals surface area contributed by atoms with Gasteiger partial charge in [0, 0.05) is 10.7 Å². The number of hydrogen-bond acceptors (Lipinski definition) is 3. The first-order valence-electron chi connectivity index (χ1n) is 9.59. The van der Waals surface area contributed by atoms with Crippen molar-refractivity contribution in [3.8, 4) is 0 Å². The van der Waals surface area contributed by atoms with E-state index in [1.165, 1.54) is 17.8 Å². The molecule has 0 bridgehead atoms. The molecule has 4 aromatic rings. The first kappa shape index (κ1) is 22.2. The maximum absolute atomic E-state index is 13.2. The van der Waals surface area contributed by atoms with Crippen LogP contribution >= 0.6 is 23.4 Å². The van der Waals surface area contributed by atoms with Crippen molar-refractivity contribution in [1.29, 1.82) is 0 Å². The molecule has 0 unspecified atom stereocenters. The Morgan fingerprint density at radius 3 is 2.44 bits per heavy atom. The highest BCUT2D eigenvalue weighted by atomic mass is 35.5. The Morgan fingerprint density at radius 2 is 1.75 bits per heavy atom. The number of aromatic nitrogens is 2. The summed E-state index contributed by atoms with van der Waals surface area (Å²) in [6, 6.07) is 19.8. The van der Waals surface area contributed by atoms with Crippen LogP contribution in [0.25, 0.3) is 11.0 Å². The summed E-state index contributed by atoms with van der Waals surface area (Å²) < 4.78 is 41.3. The van der Waals surface area contributed by atoms with Crippen LogP contribution in [0.4, 0.5) is 18.9 Å². The molecule has 0 aliphatic carbocycles. The van der Waals surface area contributed by atoms with Gasteiger partial charge in [0.25, 0.3) is 0 Å². The highest BCUT2D eigenvalue weighted by Gasteiger charge is 2.31. The van der Waals surface area contributed by atoms with E-state index < -0.39 is 11.7 Å². The molecule has 164 valence electrons. The molecule has 4 nitrogen and oxygen atoms in total. The molecular formula is C23H17ClF3N3OS. The average molecular weight is 476 g/mol. The second kappa shape index (κ2) is 9.26. The largest absolute Gasteiger partial charge is 0.416 e. The number of amides is 1. The minimum absolute atomic E-state index is 0.0485. The lowest BCUT2D eigenvalue weighted by molar-refractivity contribution is -0.137. The van der Waals surface area contributed by atoms with E-state index in [0.29, 0.717) is 27.9 Å². The van der Waals surface area contributed by atoms with Gasteiger partial charge in [0.2, 0.25) is 5.91 Å². The molecule has 0 spiro atoms. The molecule has 0 saturated heterocycles. The van der Waals surface area contributed by atoms with Gasteiger partial charge in [-0.15, -0.1) is 0 Å². The van der Waals surface area contributed by atoms with Crippen LogP contribution in [0.15, 0.2) is 78.0 Å². The van der Waals surface area contributed by atoms with Crippen molar-refractivity contribution in [3.05, 3.63) is 88.9 Å². The zero-order chi connectivity index (χ0) is 22.7. The summed E-state index contributed by atoms with van der Waals surface area (Å²) in [6.45, 7) is 0.420. The van der Waals surface area contributed by atoms with Crippen LogP contribution in [-0.4, -0.2) is 21.2 Å². The van der Waals surface area contributed by atoms with E-state index in [1.807, 2.05) is 34.9 Å². The molecule has 0 fully saturated rings. The van der Waals surface area contributed by atoms with Gasteiger partial charge in [-0.1, -0.05) is 53.7 Å². The molecule has 0 aliphatic heterocycles. The third-order valence-electron chi connectivity index (χ3n) is 4.68. The van der Waals surface area contributed by atoms with Crippen LogP contribution in [0.2, 0.25) is 5.02 Å². The third-order valence-corrected chi connectivity index (χ3v) is 5.91. The van der Waals surface area contributed by atoms with Crippen LogP contribution in [-0.2, 0) is 17.5 Å². The summed E-state index contributed by atoms with van der Waals surface area (Å²) in [5, 5.41) is 3.79. The van der Waals surface area contributed by atoms with Gasteiger partial charge in [-0.25, -0.2) is 4.98 Å². The number of halogens is 4. The van der Waals surface area contributed by atoms with Gasteiger partial charge in [0.15, 0.2) is 5.16 Å². The molecule has 1 heterocycles. The molecule has 0 atom stereocenters. The van der Waals surface area contributed by atoms with Crippen molar-refractivity contribution < 1.29 is 18.0 Å². The molecule has 0 aliphatic rings. The Hall–Kier alpha value is -2.97. The quantitative estimate of drug-likeness (QED) is 0.324. The summed E-state index contributed by atoms with van der Waals surface area (Å²) in [5.74, 6) is -0.209. The highest BCUT2D eigenvalue weighted by molar-refractivity contribution is 7.99. The lowest BCUT2D eigenvalue weighted by Crippen LogP contribution is -2.14. The van der Waals surface area contributed by atoms with E-state index in [2.05, 4.69) is 10.3 Å². The fourth-order valence-corrected chi connectivity index (χ4v) is 4.11. The lowest BCUT2D eigenvalue weighted by Gasteiger charge is -2.10. The second-order valence-electron chi connectivity index (χ2n) is 7.01. The molecule has 0 radical (unpaired) electrons. The van der Waals surface area contributed by atoms with Crippen molar-refractivity contribution in [2.75, 3.05) is 11.1 Å². The summed E-state index contributed by atoms with van der Waals surface area (Å²) >= 11 is 7.02. The lowest BCUT2D eigenvalue weighted by atomic mass is 10.2. The van der Waals surface area contributed by atoms with E-state index in [-0.39, 0.29) is 17.2 Å². The molecule has 32 heavy (non-hydrogen) atoms. The first-order chi connectivity index (χ1) is 15.3. The standard InChI is InChI=1S/C23H17ClF3N3OS/c24-17-7-9-18(10-8-17)28-21(31)14-32-22-29-19-12-16(23(25,26)27)6-11-20(19)30(22)13-15-4-2-1-3-5-15/h1-12H,13-14H2,(H,28,31). The number of anilines is 1. The summed E-state index contributed by atoms with van der Waals surface area (Å²) in [5.41, 5.74) is 1.62. The van der Waals surface area contributed by atoms with Crippen molar-refractivity contribution in [2.45, 2.75) is 17.9 Å². The van der Waals surface area contributed by atoms with Crippen molar-refractivity contribution >= 4 is 46.0 Å². The van der Waals surface area contributed by atoms with Gasteiger partial charge < -0.3 is 9.88 Å². The van der Waals surface area contributed by atoms with Crippen LogP contribution < -0.4 is 5.32 Å². The number of rotatable bonds is 6. The minimum Gasteiger partial charge on any atom is -0.325 e. The van der Waals surface area contributed by atoms with Gasteiger partial charge in [0.1, 0.15) is 0 Å². The average Bonchev–Trinajstić information content (AvgIpc) is 3.11. The Labute approximate surface area is 191 Å². The monoisotopic (exact) mass is 475 g/mol. The number of alkyl halides is 3. The number of carbonyl (C=O) groups excluding carboxylic acids is 1. The number of hydrogen-bond donors (Lipinski definition) is 1.